The minimum Gasteiger partial charge on any atom is -0.361 e. The van der Waals surface area contributed by atoms with E-state index in [-0.39, 0.29) is 15.2 Å². The lowest BCUT2D eigenvalue weighted by Gasteiger charge is -1.94. The third-order valence-electron chi connectivity index (χ3n) is 2.09. The predicted molar refractivity (Wildman–Crippen MR) is 85.0 cm³/mol. The van der Waals surface area contributed by atoms with E-state index in [4.69, 9.17) is 11.6 Å². The monoisotopic (exact) mass is 454 g/mol. The number of halogens is 3. The topological polar surface area (TPSA) is 132 Å². The van der Waals surface area contributed by atoms with Gasteiger partial charge in [0.05, 0.1) is 25.0 Å². The van der Waals surface area contributed by atoms with Crippen LogP contribution in [-0.4, -0.2) is 19.8 Å². The Morgan fingerprint density at radius 3 is 2.09 bits per heavy atom. The molecular formula is C10H5Br2ClN4O5. The van der Waals surface area contributed by atoms with Gasteiger partial charge in [-0.05, 0) is 31.9 Å². The van der Waals surface area contributed by atoms with Crippen LogP contribution in [0, 0.1) is 20.2 Å². The average Bonchev–Trinajstić information content (AvgIpc) is 2.45. The Hall–Kier alpha value is -1.85. The molecule has 12 heteroatoms. The minimum atomic E-state index is -0.733. The summed E-state index contributed by atoms with van der Waals surface area (Å²) in [5, 5.41) is 20.4. The van der Waals surface area contributed by atoms with Gasteiger partial charge in [-0.1, -0.05) is 11.6 Å². The summed E-state index contributed by atoms with van der Waals surface area (Å²) in [6, 6.07) is 0. The number of nitro groups is 2. The maximum Gasteiger partial charge on any atom is 0.333 e. The molecule has 2 aromatic rings. The Bertz CT molecular complexity index is 782. The maximum atomic E-state index is 10.9. The number of aromatic amines is 1. The van der Waals surface area contributed by atoms with Crippen molar-refractivity contribution in [3.05, 3.63) is 69.2 Å². The van der Waals surface area contributed by atoms with Crippen molar-refractivity contribution in [3.8, 4) is 0 Å². The standard InChI is InChI=1S/C5H2BrClN2O2.C5H3BrN2O3/c6-3-1-8-2-4(5(3)7)9(10)11;6-3-1-7-2-4(5(3)9)8(10)11/h1-2H;1-2H,(H,7,9). The molecule has 0 radical (unpaired) electrons. The van der Waals surface area contributed by atoms with Gasteiger partial charge in [0.15, 0.2) is 0 Å². The lowest BCUT2D eigenvalue weighted by molar-refractivity contribution is -0.386. The molecule has 1 N–H and O–H groups in total. The van der Waals surface area contributed by atoms with Gasteiger partial charge >= 0.3 is 11.4 Å². The fourth-order valence-electron chi connectivity index (χ4n) is 1.12. The smallest absolute Gasteiger partial charge is 0.333 e. The van der Waals surface area contributed by atoms with Crippen molar-refractivity contribution in [2.24, 2.45) is 0 Å². The number of rotatable bonds is 2. The van der Waals surface area contributed by atoms with Crippen LogP contribution in [0.3, 0.4) is 0 Å². The molecule has 0 bridgehead atoms. The molecule has 0 aromatic carbocycles. The highest BCUT2D eigenvalue weighted by atomic mass is 79.9. The van der Waals surface area contributed by atoms with Crippen molar-refractivity contribution >= 4 is 54.8 Å². The van der Waals surface area contributed by atoms with Crippen LogP contribution in [-0.2, 0) is 0 Å². The first-order chi connectivity index (χ1) is 10.3. The molecule has 0 aliphatic carbocycles. The van der Waals surface area contributed by atoms with Gasteiger partial charge in [0.1, 0.15) is 11.2 Å². The second kappa shape index (κ2) is 7.96. The molecule has 2 heterocycles. The SMILES string of the molecule is O=[N+]([O-])c1cncc(Br)c1Cl.O=c1c(Br)c[nH]cc1[N+](=O)[O-]. The first-order valence-electron chi connectivity index (χ1n) is 5.20. The summed E-state index contributed by atoms with van der Waals surface area (Å²) < 4.78 is 0.583. The van der Waals surface area contributed by atoms with Crippen molar-refractivity contribution < 1.29 is 9.85 Å². The van der Waals surface area contributed by atoms with Gasteiger partial charge in [-0.15, -0.1) is 0 Å². The highest BCUT2D eigenvalue weighted by Gasteiger charge is 2.14. The van der Waals surface area contributed by atoms with Crippen LogP contribution in [0.25, 0.3) is 0 Å². The molecule has 22 heavy (non-hydrogen) atoms. The van der Waals surface area contributed by atoms with Crippen LogP contribution < -0.4 is 5.43 Å². The third-order valence-corrected chi connectivity index (χ3v) is 3.91. The van der Waals surface area contributed by atoms with Crippen LogP contribution >= 0.6 is 43.5 Å². The Labute approximate surface area is 143 Å². The quantitative estimate of drug-likeness (QED) is 0.544. The first kappa shape index (κ1) is 18.2. The lowest BCUT2D eigenvalue weighted by Crippen LogP contribution is -2.08. The summed E-state index contributed by atoms with van der Waals surface area (Å²) in [7, 11) is 0. The number of aromatic nitrogens is 2. The van der Waals surface area contributed by atoms with E-state index in [1.165, 1.54) is 12.4 Å². The summed E-state index contributed by atoms with van der Waals surface area (Å²) in [5.74, 6) is 0. The minimum absolute atomic E-state index is 0.0741. The molecule has 0 saturated heterocycles. The van der Waals surface area contributed by atoms with Gasteiger partial charge in [0.2, 0.25) is 0 Å². The number of hydrogen-bond donors (Lipinski definition) is 1. The van der Waals surface area contributed by atoms with Crippen molar-refractivity contribution in [2.75, 3.05) is 0 Å². The highest BCUT2D eigenvalue weighted by Crippen LogP contribution is 2.29. The summed E-state index contributed by atoms with van der Waals surface area (Å²) in [6.07, 6.45) is 4.89. The van der Waals surface area contributed by atoms with Crippen molar-refractivity contribution in [1.82, 2.24) is 9.97 Å². The summed E-state index contributed by atoms with van der Waals surface area (Å²) >= 11 is 11.4. The second-order valence-corrected chi connectivity index (χ2v) is 5.57. The van der Waals surface area contributed by atoms with Crippen LogP contribution in [0.15, 0.2) is 38.5 Å². The van der Waals surface area contributed by atoms with Crippen LogP contribution in [0.4, 0.5) is 11.4 Å². The number of nitrogens with zero attached hydrogens (tertiary/aromatic N) is 3. The second-order valence-electron chi connectivity index (χ2n) is 3.49. The van der Waals surface area contributed by atoms with Crippen molar-refractivity contribution in [3.63, 3.8) is 0 Å². The Morgan fingerprint density at radius 1 is 1.05 bits per heavy atom. The molecule has 0 fully saturated rings. The largest absolute Gasteiger partial charge is 0.361 e. The van der Waals surface area contributed by atoms with E-state index in [2.05, 4.69) is 41.8 Å². The van der Waals surface area contributed by atoms with Gasteiger partial charge in [-0.2, -0.15) is 0 Å². The van der Waals surface area contributed by atoms with Gasteiger partial charge < -0.3 is 4.98 Å². The van der Waals surface area contributed by atoms with E-state index in [1.807, 2.05) is 0 Å². The lowest BCUT2D eigenvalue weighted by atomic mass is 10.4. The van der Waals surface area contributed by atoms with Crippen molar-refractivity contribution in [2.45, 2.75) is 0 Å². The Kier molecular flexibility index (Phi) is 6.59. The predicted octanol–water partition coefficient (Wildman–Crippen LogP) is 3.45. The van der Waals surface area contributed by atoms with Crippen LogP contribution in [0.5, 0.6) is 0 Å². The molecule has 0 saturated carbocycles. The van der Waals surface area contributed by atoms with E-state index < -0.39 is 21.0 Å². The highest BCUT2D eigenvalue weighted by molar-refractivity contribution is 9.10. The molecule has 116 valence electrons. The van der Waals surface area contributed by atoms with E-state index in [0.29, 0.717) is 4.47 Å². The summed E-state index contributed by atoms with van der Waals surface area (Å²) in [6.45, 7) is 0. The van der Waals surface area contributed by atoms with E-state index in [1.54, 1.807) is 0 Å². The molecule has 0 aliphatic heterocycles. The number of pyridine rings is 2. The summed E-state index contributed by atoms with van der Waals surface area (Å²) in [5.41, 5.74) is -1.27. The number of nitrogens with one attached hydrogen (secondary N) is 1. The molecule has 0 atom stereocenters. The fourth-order valence-corrected chi connectivity index (χ4v) is 1.94. The average molecular weight is 456 g/mol. The zero-order chi connectivity index (χ0) is 16.9. The molecule has 0 amide bonds. The van der Waals surface area contributed by atoms with Gasteiger partial charge in [-0.25, -0.2) is 0 Å². The first-order valence-corrected chi connectivity index (χ1v) is 7.16. The molecule has 2 aromatic heterocycles. The third kappa shape index (κ3) is 4.58. The molecule has 0 aliphatic rings. The van der Waals surface area contributed by atoms with E-state index >= 15 is 0 Å². The fraction of sp³-hybridized carbons (Fsp3) is 0. The number of H-pyrrole nitrogens is 1. The molecular weight excluding hydrogens is 451 g/mol. The van der Waals surface area contributed by atoms with Gasteiger partial charge in [0, 0.05) is 12.4 Å². The van der Waals surface area contributed by atoms with Crippen LogP contribution in [0.1, 0.15) is 0 Å². The number of hydrogen-bond acceptors (Lipinski definition) is 6. The van der Waals surface area contributed by atoms with Gasteiger partial charge in [0.25, 0.3) is 5.43 Å². The van der Waals surface area contributed by atoms with E-state index in [0.717, 1.165) is 12.4 Å². The molecule has 0 unspecified atom stereocenters. The normalized spacial score (nSPS) is 9.59. The zero-order valence-electron chi connectivity index (χ0n) is 10.3. The van der Waals surface area contributed by atoms with Crippen molar-refractivity contribution in [1.29, 1.82) is 0 Å². The Balaban J connectivity index is 0.000000220. The molecule has 2 rings (SSSR count). The maximum absolute atomic E-state index is 10.9. The zero-order valence-corrected chi connectivity index (χ0v) is 14.3. The Morgan fingerprint density at radius 2 is 1.64 bits per heavy atom. The molecule has 0 spiro atoms. The summed E-state index contributed by atoms with van der Waals surface area (Å²) in [4.78, 5) is 36.0. The molecule has 9 nitrogen and oxygen atoms in total. The van der Waals surface area contributed by atoms with Gasteiger partial charge in [-0.3, -0.25) is 30.0 Å². The van der Waals surface area contributed by atoms with Crippen LogP contribution in [0.2, 0.25) is 5.02 Å². The van der Waals surface area contributed by atoms with E-state index in [9.17, 15) is 25.0 Å².